The predicted octanol–water partition coefficient (Wildman–Crippen LogP) is 4.53. The zero-order valence-electron chi connectivity index (χ0n) is 19.7. The monoisotopic (exact) mass is 505 g/mol. The molecule has 0 spiro atoms. The molecule has 0 bridgehead atoms. The Balaban J connectivity index is 1.52. The highest BCUT2D eigenvalue weighted by Crippen LogP contribution is 2.37. The van der Waals surface area contributed by atoms with E-state index in [1.54, 1.807) is 49.4 Å². The first-order valence-electron chi connectivity index (χ1n) is 11.2. The SMILES string of the molecule is CCOc1cc(/C=C2/C(=O)NN(c3ccccc3)C2=O)cc(Cl)c1OCC(=O)Nc1ccc(C)cc1. The minimum Gasteiger partial charge on any atom is -0.490 e. The van der Waals surface area contributed by atoms with E-state index in [0.717, 1.165) is 5.56 Å². The lowest BCUT2D eigenvalue weighted by molar-refractivity contribution is -0.118. The number of carbonyl (C=O) groups is 3. The standard InChI is InChI=1S/C27H24ClN3O5/c1-3-35-23-15-18(13-21-26(33)30-31(27(21)34)20-7-5-4-6-8-20)14-22(28)25(23)36-16-24(32)29-19-11-9-17(2)10-12-19/h4-15H,3,16H2,1-2H3,(H,29,32)(H,30,33)/b21-13-. The number of halogens is 1. The first-order chi connectivity index (χ1) is 17.4. The van der Waals surface area contributed by atoms with Gasteiger partial charge in [-0.3, -0.25) is 19.8 Å². The summed E-state index contributed by atoms with van der Waals surface area (Å²) in [5.41, 5.74) is 5.24. The van der Waals surface area contributed by atoms with Crippen molar-refractivity contribution in [2.24, 2.45) is 0 Å². The molecule has 3 amide bonds. The molecule has 2 N–H and O–H groups in total. The maximum absolute atomic E-state index is 12.9. The molecule has 0 aliphatic carbocycles. The fourth-order valence-electron chi connectivity index (χ4n) is 3.53. The van der Waals surface area contributed by atoms with Gasteiger partial charge in [0.25, 0.3) is 17.7 Å². The minimum atomic E-state index is -0.536. The molecule has 36 heavy (non-hydrogen) atoms. The second-order valence-electron chi connectivity index (χ2n) is 7.94. The van der Waals surface area contributed by atoms with Crippen LogP contribution in [-0.2, 0) is 14.4 Å². The van der Waals surface area contributed by atoms with Gasteiger partial charge in [0, 0.05) is 5.69 Å². The lowest BCUT2D eigenvalue weighted by atomic mass is 10.1. The minimum absolute atomic E-state index is 0.0523. The second kappa shape index (κ2) is 11.0. The first-order valence-corrected chi connectivity index (χ1v) is 11.6. The Hall–Kier alpha value is -4.30. The van der Waals surface area contributed by atoms with Crippen molar-refractivity contribution in [2.45, 2.75) is 13.8 Å². The lowest BCUT2D eigenvalue weighted by Crippen LogP contribution is -2.35. The maximum atomic E-state index is 12.9. The van der Waals surface area contributed by atoms with Crippen molar-refractivity contribution in [2.75, 3.05) is 23.5 Å². The molecule has 8 nitrogen and oxygen atoms in total. The molecule has 3 aromatic carbocycles. The van der Waals surface area contributed by atoms with Crippen LogP contribution in [-0.4, -0.2) is 30.9 Å². The van der Waals surface area contributed by atoms with Crippen LogP contribution in [0.5, 0.6) is 11.5 Å². The van der Waals surface area contributed by atoms with Crippen LogP contribution in [0.1, 0.15) is 18.1 Å². The summed E-state index contributed by atoms with van der Waals surface area (Å²) >= 11 is 6.45. The summed E-state index contributed by atoms with van der Waals surface area (Å²) in [6.07, 6.45) is 1.43. The zero-order chi connectivity index (χ0) is 25.7. The predicted molar refractivity (Wildman–Crippen MR) is 138 cm³/mol. The molecule has 9 heteroatoms. The molecule has 1 fully saturated rings. The Kier molecular flexibility index (Phi) is 7.56. The average Bonchev–Trinajstić information content (AvgIpc) is 3.14. The van der Waals surface area contributed by atoms with Gasteiger partial charge in [-0.2, -0.15) is 0 Å². The van der Waals surface area contributed by atoms with Crippen molar-refractivity contribution in [3.05, 3.63) is 88.5 Å². The molecule has 0 saturated carbocycles. The molecule has 1 aliphatic rings. The molecule has 1 heterocycles. The molecule has 0 atom stereocenters. The Morgan fingerprint density at radius 3 is 2.47 bits per heavy atom. The van der Waals surface area contributed by atoms with E-state index in [1.165, 1.54) is 17.2 Å². The van der Waals surface area contributed by atoms with Crippen LogP contribution in [0.3, 0.4) is 0 Å². The summed E-state index contributed by atoms with van der Waals surface area (Å²) in [6, 6.07) is 19.3. The number of ether oxygens (including phenoxy) is 2. The third kappa shape index (κ3) is 5.67. The number of carbonyl (C=O) groups excluding carboxylic acids is 3. The summed E-state index contributed by atoms with van der Waals surface area (Å²) < 4.78 is 11.3. The van der Waals surface area contributed by atoms with Crippen LogP contribution in [0.15, 0.2) is 72.3 Å². The molecule has 1 saturated heterocycles. The van der Waals surface area contributed by atoms with Gasteiger partial charge in [0.2, 0.25) is 0 Å². The number of nitrogens with zero attached hydrogens (tertiary/aromatic N) is 1. The van der Waals surface area contributed by atoms with Gasteiger partial charge in [0.1, 0.15) is 5.57 Å². The average molecular weight is 506 g/mol. The maximum Gasteiger partial charge on any atom is 0.282 e. The number of aryl methyl sites for hydroxylation is 1. The Labute approximate surface area is 213 Å². The second-order valence-corrected chi connectivity index (χ2v) is 8.35. The van der Waals surface area contributed by atoms with E-state index in [1.807, 2.05) is 25.1 Å². The van der Waals surface area contributed by atoms with Crippen molar-refractivity contribution in [1.29, 1.82) is 0 Å². The highest BCUT2D eigenvalue weighted by molar-refractivity contribution is 6.33. The summed E-state index contributed by atoms with van der Waals surface area (Å²) in [4.78, 5) is 37.7. The van der Waals surface area contributed by atoms with Gasteiger partial charge in [-0.05, 0) is 61.9 Å². The Morgan fingerprint density at radius 2 is 1.78 bits per heavy atom. The molecular formula is C27H24ClN3O5. The summed E-state index contributed by atoms with van der Waals surface area (Å²) in [5.74, 6) is -0.921. The third-order valence-electron chi connectivity index (χ3n) is 5.23. The van der Waals surface area contributed by atoms with E-state index in [9.17, 15) is 14.4 Å². The van der Waals surface area contributed by atoms with Gasteiger partial charge in [-0.1, -0.05) is 47.5 Å². The largest absolute Gasteiger partial charge is 0.490 e. The smallest absolute Gasteiger partial charge is 0.282 e. The quantitative estimate of drug-likeness (QED) is 0.346. The number of para-hydroxylation sites is 1. The molecule has 1 aliphatic heterocycles. The number of amides is 3. The van der Waals surface area contributed by atoms with Crippen LogP contribution in [0.4, 0.5) is 11.4 Å². The van der Waals surface area contributed by atoms with Gasteiger partial charge >= 0.3 is 0 Å². The molecule has 3 aromatic rings. The van der Waals surface area contributed by atoms with Gasteiger partial charge in [-0.25, -0.2) is 5.01 Å². The number of rotatable bonds is 8. The van der Waals surface area contributed by atoms with E-state index in [-0.39, 0.29) is 34.6 Å². The molecule has 0 aromatic heterocycles. The van der Waals surface area contributed by atoms with Crippen LogP contribution in [0, 0.1) is 6.92 Å². The Bertz CT molecular complexity index is 1320. The van der Waals surface area contributed by atoms with Gasteiger partial charge < -0.3 is 14.8 Å². The topological polar surface area (TPSA) is 97.0 Å². The Morgan fingerprint density at radius 1 is 1.06 bits per heavy atom. The molecular weight excluding hydrogens is 482 g/mol. The fraction of sp³-hybridized carbons (Fsp3) is 0.148. The zero-order valence-corrected chi connectivity index (χ0v) is 20.5. The van der Waals surface area contributed by atoms with Crippen LogP contribution in [0.25, 0.3) is 6.08 Å². The van der Waals surface area contributed by atoms with Gasteiger partial charge in [-0.15, -0.1) is 0 Å². The van der Waals surface area contributed by atoms with E-state index < -0.39 is 11.8 Å². The normalized spacial score (nSPS) is 14.1. The lowest BCUT2D eigenvalue weighted by Gasteiger charge is -2.15. The highest BCUT2D eigenvalue weighted by Gasteiger charge is 2.34. The summed E-state index contributed by atoms with van der Waals surface area (Å²) in [7, 11) is 0. The van der Waals surface area contributed by atoms with E-state index in [2.05, 4.69) is 10.7 Å². The van der Waals surface area contributed by atoms with Crippen LogP contribution < -0.4 is 25.2 Å². The first kappa shape index (κ1) is 24.8. The van der Waals surface area contributed by atoms with Crippen LogP contribution >= 0.6 is 11.6 Å². The molecule has 0 unspecified atom stereocenters. The van der Waals surface area contributed by atoms with E-state index in [0.29, 0.717) is 23.5 Å². The van der Waals surface area contributed by atoms with Crippen molar-refractivity contribution in [1.82, 2.24) is 5.43 Å². The fourth-order valence-corrected chi connectivity index (χ4v) is 3.80. The van der Waals surface area contributed by atoms with E-state index in [4.69, 9.17) is 21.1 Å². The molecule has 4 rings (SSSR count). The number of nitrogens with one attached hydrogen (secondary N) is 2. The van der Waals surface area contributed by atoms with Crippen LogP contribution in [0.2, 0.25) is 5.02 Å². The number of hydrogen-bond acceptors (Lipinski definition) is 5. The van der Waals surface area contributed by atoms with Crippen molar-refractivity contribution < 1.29 is 23.9 Å². The third-order valence-corrected chi connectivity index (χ3v) is 5.51. The number of hydrogen-bond donors (Lipinski definition) is 2. The number of anilines is 2. The number of hydrazine groups is 1. The summed E-state index contributed by atoms with van der Waals surface area (Å²) in [6.45, 7) is 3.77. The van der Waals surface area contributed by atoms with Crippen molar-refractivity contribution in [3.63, 3.8) is 0 Å². The van der Waals surface area contributed by atoms with Crippen molar-refractivity contribution in [3.8, 4) is 11.5 Å². The van der Waals surface area contributed by atoms with Gasteiger partial charge in [0.15, 0.2) is 18.1 Å². The van der Waals surface area contributed by atoms with Gasteiger partial charge in [0.05, 0.1) is 17.3 Å². The number of benzene rings is 3. The highest BCUT2D eigenvalue weighted by atomic mass is 35.5. The summed E-state index contributed by atoms with van der Waals surface area (Å²) in [5, 5.41) is 4.11. The van der Waals surface area contributed by atoms with E-state index >= 15 is 0 Å². The molecule has 184 valence electrons. The van der Waals surface area contributed by atoms with Crippen molar-refractivity contribution >= 4 is 46.8 Å². The molecule has 0 radical (unpaired) electrons.